The van der Waals surface area contributed by atoms with E-state index in [-0.39, 0.29) is 12.1 Å². The summed E-state index contributed by atoms with van der Waals surface area (Å²) < 4.78 is 4.62. The minimum atomic E-state index is -0.138. The summed E-state index contributed by atoms with van der Waals surface area (Å²) in [6.07, 6.45) is 15.8. The Morgan fingerprint density at radius 1 is 0.870 bits per heavy atom. The van der Waals surface area contributed by atoms with E-state index in [0.717, 1.165) is 44.9 Å². The van der Waals surface area contributed by atoms with E-state index in [1.54, 1.807) is 0 Å². The molecule has 0 aromatic rings. The number of aliphatic hydroxyl groups is 1. The van der Waals surface area contributed by atoms with Gasteiger partial charge in [0.15, 0.2) is 0 Å². The predicted molar refractivity (Wildman–Crippen MR) is 97.5 cm³/mol. The Kier molecular flexibility index (Phi) is 15.9. The number of methoxy groups -OCH3 is 1. The van der Waals surface area contributed by atoms with Gasteiger partial charge in [0.25, 0.3) is 0 Å². The molecule has 23 heavy (non-hydrogen) atoms. The largest absolute Gasteiger partial charge is 0.469 e. The summed E-state index contributed by atoms with van der Waals surface area (Å²) >= 11 is 0. The molecule has 3 heteroatoms. The minimum Gasteiger partial charge on any atom is -0.469 e. The summed E-state index contributed by atoms with van der Waals surface area (Å²) in [5, 5.41) is 10.2. The van der Waals surface area contributed by atoms with Crippen LogP contribution in [0.25, 0.3) is 0 Å². The summed E-state index contributed by atoms with van der Waals surface area (Å²) in [5.41, 5.74) is 0. The normalized spacial score (nSPS) is 13.7. The third-order valence-electron chi connectivity index (χ3n) is 4.78. The Balaban J connectivity index is 3.40. The average molecular weight is 329 g/mol. The van der Waals surface area contributed by atoms with Gasteiger partial charge in [0.1, 0.15) is 0 Å². The molecule has 0 heterocycles. The highest BCUT2D eigenvalue weighted by Crippen LogP contribution is 2.19. The number of esters is 1. The second kappa shape index (κ2) is 16.3. The quantitative estimate of drug-likeness (QED) is 0.295. The van der Waals surface area contributed by atoms with Crippen LogP contribution in [-0.2, 0) is 9.53 Å². The van der Waals surface area contributed by atoms with E-state index in [0.29, 0.717) is 12.3 Å². The van der Waals surface area contributed by atoms with E-state index in [4.69, 9.17) is 0 Å². The van der Waals surface area contributed by atoms with Crippen LogP contribution in [0, 0.1) is 5.92 Å². The van der Waals surface area contributed by atoms with Gasteiger partial charge in [0.05, 0.1) is 13.2 Å². The average Bonchev–Trinajstić information content (AvgIpc) is 2.56. The first-order valence-corrected chi connectivity index (χ1v) is 9.86. The maximum Gasteiger partial charge on any atom is 0.305 e. The lowest BCUT2D eigenvalue weighted by molar-refractivity contribution is -0.140. The highest BCUT2D eigenvalue weighted by Gasteiger charge is 2.13. The molecule has 0 saturated carbocycles. The molecule has 0 aliphatic carbocycles. The maximum atomic E-state index is 11.0. The van der Waals surface area contributed by atoms with Gasteiger partial charge in [-0.25, -0.2) is 0 Å². The van der Waals surface area contributed by atoms with E-state index in [1.165, 1.54) is 45.6 Å². The summed E-state index contributed by atoms with van der Waals surface area (Å²) in [4.78, 5) is 11.0. The monoisotopic (exact) mass is 328 g/mol. The third kappa shape index (κ3) is 14.7. The van der Waals surface area contributed by atoms with Gasteiger partial charge in [-0.15, -0.1) is 0 Å². The standard InChI is InChI=1S/C20H40O3/c1-4-5-6-7-9-12-15-18(2)19(21)16-13-10-8-11-14-17-20(22)23-3/h18-19,21H,4-17H2,1-3H3. The fourth-order valence-corrected chi connectivity index (χ4v) is 2.98. The van der Waals surface area contributed by atoms with Gasteiger partial charge in [-0.3, -0.25) is 4.79 Å². The van der Waals surface area contributed by atoms with Crippen molar-refractivity contribution in [3.63, 3.8) is 0 Å². The molecule has 0 saturated heterocycles. The summed E-state index contributed by atoms with van der Waals surface area (Å²) in [6.45, 7) is 4.44. The molecule has 1 N–H and O–H groups in total. The zero-order valence-corrected chi connectivity index (χ0v) is 15.8. The summed E-state index contributed by atoms with van der Waals surface area (Å²) in [7, 11) is 1.44. The summed E-state index contributed by atoms with van der Waals surface area (Å²) in [6, 6.07) is 0. The van der Waals surface area contributed by atoms with Gasteiger partial charge in [-0.05, 0) is 25.2 Å². The highest BCUT2D eigenvalue weighted by atomic mass is 16.5. The van der Waals surface area contributed by atoms with Crippen molar-refractivity contribution in [2.24, 2.45) is 5.92 Å². The SMILES string of the molecule is CCCCCCCCC(C)C(O)CCCCCCCC(=O)OC. The molecule has 138 valence electrons. The number of rotatable bonds is 16. The number of carbonyl (C=O) groups is 1. The second-order valence-corrected chi connectivity index (χ2v) is 6.98. The molecular formula is C20H40O3. The van der Waals surface area contributed by atoms with E-state index in [9.17, 15) is 9.90 Å². The van der Waals surface area contributed by atoms with Crippen molar-refractivity contribution in [2.45, 2.75) is 110 Å². The van der Waals surface area contributed by atoms with Crippen molar-refractivity contribution in [2.75, 3.05) is 7.11 Å². The number of aliphatic hydroxyl groups excluding tert-OH is 1. The Morgan fingerprint density at radius 3 is 2.00 bits per heavy atom. The number of ether oxygens (including phenoxy) is 1. The fourth-order valence-electron chi connectivity index (χ4n) is 2.98. The van der Waals surface area contributed by atoms with Gasteiger partial charge < -0.3 is 9.84 Å². The number of carbonyl (C=O) groups excluding carboxylic acids is 1. The Morgan fingerprint density at radius 2 is 1.39 bits per heavy atom. The molecular weight excluding hydrogens is 288 g/mol. The zero-order chi connectivity index (χ0) is 17.3. The molecule has 0 aliphatic rings. The molecule has 0 spiro atoms. The Bertz CT molecular complexity index is 266. The molecule has 2 atom stereocenters. The van der Waals surface area contributed by atoms with Gasteiger partial charge in [0, 0.05) is 6.42 Å². The first kappa shape index (κ1) is 22.4. The van der Waals surface area contributed by atoms with Crippen LogP contribution in [0.5, 0.6) is 0 Å². The molecule has 0 rings (SSSR count). The lowest BCUT2D eigenvalue weighted by atomic mass is 9.93. The van der Waals surface area contributed by atoms with Crippen molar-refractivity contribution in [3.05, 3.63) is 0 Å². The van der Waals surface area contributed by atoms with Crippen LogP contribution < -0.4 is 0 Å². The first-order chi connectivity index (χ1) is 11.1. The molecule has 2 unspecified atom stereocenters. The van der Waals surface area contributed by atoms with Crippen molar-refractivity contribution >= 4 is 5.97 Å². The molecule has 0 aromatic carbocycles. The third-order valence-corrected chi connectivity index (χ3v) is 4.78. The molecule has 0 fully saturated rings. The number of unbranched alkanes of at least 4 members (excludes halogenated alkanes) is 9. The minimum absolute atomic E-state index is 0.107. The topological polar surface area (TPSA) is 46.5 Å². The smallest absolute Gasteiger partial charge is 0.305 e. The molecule has 0 aliphatic heterocycles. The van der Waals surface area contributed by atoms with Gasteiger partial charge in [-0.2, -0.15) is 0 Å². The molecule has 0 amide bonds. The van der Waals surface area contributed by atoms with Crippen molar-refractivity contribution in [1.29, 1.82) is 0 Å². The second-order valence-electron chi connectivity index (χ2n) is 6.98. The van der Waals surface area contributed by atoms with Crippen molar-refractivity contribution < 1.29 is 14.6 Å². The number of hydrogen-bond donors (Lipinski definition) is 1. The first-order valence-electron chi connectivity index (χ1n) is 9.86. The Hall–Kier alpha value is -0.570. The summed E-state index contributed by atoms with van der Waals surface area (Å²) in [5.74, 6) is 0.324. The molecule has 0 aromatic heterocycles. The van der Waals surface area contributed by atoms with Crippen LogP contribution >= 0.6 is 0 Å². The van der Waals surface area contributed by atoms with Gasteiger partial charge in [0.2, 0.25) is 0 Å². The molecule has 0 bridgehead atoms. The van der Waals surface area contributed by atoms with E-state index >= 15 is 0 Å². The lowest BCUT2D eigenvalue weighted by Gasteiger charge is -2.18. The van der Waals surface area contributed by atoms with Crippen LogP contribution in [0.15, 0.2) is 0 Å². The fraction of sp³-hybridized carbons (Fsp3) is 0.950. The van der Waals surface area contributed by atoms with E-state index < -0.39 is 0 Å². The van der Waals surface area contributed by atoms with Crippen molar-refractivity contribution in [1.82, 2.24) is 0 Å². The Labute approximate surface area is 144 Å². The van der Waals surface area contributed by atoms with Crippen LogP contribution in [0.4, 0.5) is 0 Å². The van der Waals surface area contributed by atoms with Crippen LogP contribution in [0.3, 0.4) is 0 Å². The van der Waals surface area contributed by atoms with E-state index in [1.807, 2.05) is 0 Å². The maximum absolute atomic E-state index is 11.0. The van der Waals surface area contributed by atoms with Gasteiger partial charge >= 0.3 is 5.97 Å². The highest BCUT2D eigenvalue weighted by molar-refractivity contribution is 5.68. The predicted octanol–water partition coefficient (Wildman–Crippen LogP) is 5.64. The number of hydrogen-bond acceptors (Lipinski definition) is 3. The zero-order valence-electron chi connectivity index (χ0n) is 15.8. The molecule has 3 nitrogen and oxygen atoms in total. The van der Waals surface area contributed by atoms with Crippen LogP contribution in [0.1, 0.15) is 104 Å². The van der Waals surface area contributed by atoms with E-state index in [2.05, 4.69) is 18.6 Å². The van der Waals surface area contributed by atoms with Crippen molar-refractivity contribution in [3.8, 4) is 0 Å². The molecule has 0 radical (unpaired) electrons. The van der Waals surface area contributed by atoms with Gasteiger partial charge in [-0.1, -0.05) is 78.1 Å². The van der Waals surface area contributed by atoms with Crippen LogP contribution in [-0.4, -0.2) is 24.3 Å². The lowest BCUT2D eigenvalue weighted by Crippen LogP contribution is -2.17. The van der Waals surface area contributed by atoms with Crippen LogP contribution in [0.2, 0.25) is 0 Å².